The fourth-order valence-corrected chi connectivity index (χ4v) is 3.42. The lowest BCUT2D eigenvalue weighted by Gasteiger charge is -2.27. The Morgan fingerprint density at radius 3 is 2.93 bits per heavy atom. The number of amides is 2. The molecule has 0 aliphatic carbocycles. The first-order chi connectivity index (χ1) is 14.1. The number of carbonyl (C=O) groups excluding carboxylic acids is 2. The Labute approximate surface area is 165 Å². The number of halogens is 1. The highest BCUT2D eigenvalue weighted by molar-refractivity contribution is 5.95. The van der Waals surface area contributed by atoms with E-state index >= 15 is 0 Å². The molecule has 4 rings (SSSR count). The summed E-state index contributed by atoms with van der Waals surface area (Å²) in [5.41, 5.74) is 1.69. The van der Waals surface area contributed by atoms with E-state index in [2.05, 4.69) is 21.7 Å². The number of nitrogens with one attached hydrogen (secondary N) is 2. The minimum atomic E-state index is -0.444. The van der Waals surface area contributed by atoms with Crippen LogP contribution in [0.2, 0.25) is 0 Å². The van der Waals surface area contributed by atoms with Gasteiger partial charge in [-0.25, -0.2) is 9.37 Å². The molecule has 1 aliphatic rings. The Balaban J connectivity index is 1.65. The summed E-state index contributed by atoms with van der Waals surface area (Å²) >= 11 is 0. The first-order valence-corrected chi connectivity index (χ1v) is 8.97. The van der Waals surface area contributed by atoms with Crippen LogP contribution < -0.4 is 10.6 Å². The zero-order valence-corrected chi connectivity index (χ0v) is 15.2. The third kappa shape index (κ3) is 3.58. The van der Waals surface area contributed by atoms with E-state index in [1.54, 1.807) is 34.9 Å². The van der Waals surface area contributed by atoms with E-state index in [0.717, 1.165) is 0 Å². The average molecular weight is 389 g/mol. The molecule has 0 bridgehead atoms. The number of fused-ring (bicyclic) bond motifs is 1. The number of aromatic nitrogens is 2. The lowest BCUT2D eigenvalue weighted by Crippen LogP contribution is -2.40. The molecule has 0 spiro atoms. The maximum atomic E-state index is 13.3. The molecule has 29 heavy (non-hydrogen) atoms. The molecule has 0 radical (unpaired) electrons. The quantitative estimate of drug-likeness (QED) is 0.717. The third-order valence-electron chi connectivity index (χ3n) is 4.71. The number of imidazole rings is 1. The fourth-order valence-electron chi connectivity index (χ4n) is 3.42. The summed E-state index contributed by atoms with van der Waals surface area (Å²) in [6.07, 6.45) is 1.48. The Morgan fingerprint density at radius 1 is 1.31 bits per heavy atom. The minimum Gasteiger partial charge on any atom is -0.349 e. The van der Waals surface area contributed by atoms with Crippen LogP contribution in [-0.2, 0) is 4.79 Å². The van der Waals surface area contributed by atoms with Gasteiger partial charge >= 0.3 is 0 Å². The minimum absolute atomic E-state index is 0.0435. The molecule has 3 aromatic rings. The van der Waals surface area contributed by atoms with Gasteiger partial charge in [-0.1, -0.05) is 18.2 Å². The predicted octanol–water partition coefficient (Wildman–Crippen LogP) is 2.87. The fraction of sp³-hybridized carbons (Fsp3) is 0.143. The Morgan fingerprint density at radius 2 is 2.14 bits per heavy atom. The van der Waals surface area contributed by atoms with Crippen LogP contribution in [0.3, 0.4) is 0 Å². The lowest BCUT2D eigenvalue weighted by molar-refractivity contribution is -0.117. The Bertz CT molecular complexity index is 1150. The van der Waals surface area contributed by atoms with E-state index in [1.807, 2.05) is 0 Å². The predicted molar refractivity (Wildman–Crippen MR) is 103 cm³/mol. The SMILES string of the molecule is N#Cc1ccccc1-c1ncc2n1C(CC(=O)Nc1cccc(F)c1)CNC2=O. The zero-order valence-electron chi connectivity index (χ0n) is 15.2. The molecule has 2 amide bonds. The van der Waals surface area contributed by atoms with Crippen molar-refractivity contribution in [2.75, 3.05) is 11.9 Å². The van der Waals surface area contributed by atoms with Crippen molar-refractivity contribution >= 4 is 17.5 Å². The highest BCUT2D eigenvalue weighted by atomic mass is 19.1. The summed E-state index contributed by atoms with van der Waals surface area (Å²) in [4.78, 5) is 29.2. The topological polar surface area (TPSA) is 99.8 Å². The summed E-state index contributed by atoms with van der Waals surface area (Å²) in [6, 6.07) is 14.3. The van der Waals surface area contributed by atoms with Gasteiger partial charge in [0, 0.05) is 24.2 Å². The molecule has 144 valence electrons. The number of hydrogen-bond donors (Lipinski definition) is 2. The number of nitrogens with zero attached hydrogens (tertiary/aromatic N) is 3. The first-order valence-electron chi connectivity index (χ1n) is 8.97. The van der Waals surface area contributed by atoms with E-state index in [-0.39, 0.29) is 24.8 Å². The largest absolute Gasteiger partial charge is 0.349 e. The van der Waals surface area contributed by atoms with E-state index < -0.39 is 11.9 Å². The highest BCUT2D eigenvalue weighted by Gasteiger charge is 2.30. The second-order valence-corrected chi connectivity index (χ2v) is 6.62. The van der Waals surface area contributed by atoms with Crippen LogP contribution in [-0.4, -0.2) is 27.9 Å². The number of benzene rings is 2. The molecule has 2 heterocycles. The first kappa shape index (κ1) is 18.4. The summed E-state index contributed by atoms with van der Waals surface area (Å²) in [5, 5.41) is 14.8. The van der Waals surface area contributed by atoms with Crippen LogP contribution in [0.4, 0.5) is 10.1 Å². The van der Waals surface area contributed by atoms with Crippen molar-refractivity contribution in [3.8, 4) is 17.5 Å². The van der Waals surface area contributed by atoms with Crippen LogP contribution in [0.15, 0.2) is 54.7 Å². The molecule has 1 aromatic heterocycles. The number of hydrogen-bond acceptors (Lipinski definition) is 4. The summed E-state index contributed by atoms with van der Waals surface area (Å²) in [5.74, 6) is -0.605. The van der Waals surface area contributed by atoms with Gasteiger partial charge in [-0.05, 0) is 30.3 Å². The van der Waals surface area contributed by atoms with Gasteiger partial charge in [0.1, 0.15) is 17.3 Å². The van der Waals surface area contributed by atoms with Crippen LogP contribution in [0, 0.1) is 17.1 Å². The monoisotopic (exact) mass is 389 g/mol. The second-order valence-electron chi connectivity index (χ2n) is 6.62. The molecule has 8 heteroatoms. The smallest absolute Gasteiger partial charge is 0.269 e. The maximum Gasteiger partial charge on any atom is 0.269 e. The molecule has 0 saturated heterocycles. The molecule has 1 unspecified atom stereocenters. The summed E-state index contributed by atoms with van der Waals surface area (Å²) < 4.78 is 15.0. The number of anilines is 1. The van der Waals surface area contributed by atoms with E-state index in [9.17, 15) is 19.2 Å². The van der Waals surface area contributed by atoms with Crippen molar-refractivity contribution < 1.29 is 14.0 Å². The van der Waals surface area contributed by atoms with Gasteiger partial charge in [-0.2, -0.15) is 5.26 Å². The van der Waals surface area contributed by atoms with Crippen molar-refractivity contribution in [1.82, 2.24) is 14.9 Å². The molecular formula is C21H16FN5O2. The molecule has 1 aliphatic heterocycles. The van der Waals surface area contributed by atoms with Gasteiger partial charge in [0.15, 0.2) is 0 Å². The second kappa shape index (κ2) is 7.56. The Hall–Kier alpha value is -3.99. The molecule has 2 aromatic carbocycles. The van der Waals surface area contributed by atoms with Crippen molar-refractivity contribution in [3.63, 3.8) is 0 Å². The van der Waals surface area contributed by atoms with Gasteiger partial charge in [0.25, 0.3) is 5.91 Å². The lowest BCUT2D eigenvalue weighted by atomic mass is 10.1. The van der Waals surface area contributed by atoms with Crippen molar-refractivity contribution in [1.29, 1.82) is 5.26 Å². The average Bonchev–Trinajstić information content (AvgIpc) is 3.16. The van der Waals surface area contributed by atoms with Gasteiger partial charge in [0.05, 0.1) is 23.9 Å². The highest BCUT2D eigenvalue weighted by Crippen LogP contribution is 2.30. The molecular weight excluding hydrogens is 373 g/mol. The van der Waals surface area contributed by atoms with Gasteiger partial charge in [-0.15, -0.1) is 0 Å². The van der Waals surface area contributed by atoms with Crippen LogP contribution >= 0.6 is 0 Å². The van der Waals surface area contributed by atoms with Gasteiger partial charge in [0.2, 0.25) is 5.91 Å². The Kier molecular flexibility index (Phi) is 4.79. The molecule has 1 atom stereocenters. The van der Waals surface area contributed by atoms with Crippen molar-refractivity contribution in [2.24, 2.45) is 0 Å². The summed E-state index contributed by atoms with van der Waals surface area (Å²) in [7, 11) is 0. The molecule has 0 saturated carbocycles. The normalized spacial score (nSPS) is 15.2. The van der Waals surface area contributed by atoms with Crippen LogP contribution in [0.25, 0.3) is 11.4 Å². The zero-order chi connectivity index (χ0) is 20.4. The molecule has 0 fully saturated rings. The third-order valence-corrected chi connectivity index (χ3v) is 4.71. The van der Waals surface area contributed by atoms with E-state index in [0.29, 0.717) is 28.3 Å². The van der Waals surface area contributed by atoms with E-state index in [1.165, 1.54) is 24.4 Å². The summed E-state index contributed by atoms with van der Waals surface area (Å²) in [6.45, 7) is 0.237. The van der Waals surface area contributed by atoms with Gasteiger partial charge < -0.3 is 15.2 Å². The molecule has 7 nitrogen and oxygen atoms in total. The van der Waals surface area contributed by atoms with Crippen molar-refractivity contribution in [2.45, 2.75) is 12.5 Å². The van der Waals surface area contributed by atoms with Crippen LogP contribution in [0.1, 0.15) is 28.5 Å². The number of carbonyl (C=O) groups is 2. The number of nitriles is 1. The van der Waals surface area contributed by atoms with Crippen LogP contribution in [0.5, 0.6) is 0 Å². The molecule has 2 N–H and O–H groups in total. The maximum absolute atomic E-state index is 13.3. The van der Waals surface area contributed by atoms with Crippen molar-refractivity contribution in [3.05, 3.63) is 71.8 Å². The van der Waals surface area contributed by atoms with E-state index in [4.69, 9.17) is 0 Å². The number of rotatable bonds is 4. The van der Waals surface area contributed by atoms with Gasteiger partial charge in [-0.3, -0.25) is 9.59 Å². The standard InChI is InChI=1S/C21H16FN5O2/c22-14-5-3-6-15(8-14)26-19(28)9-16-11-25-21(29)18-12-24-20(27(16)18)17-7-2-1-4-13(17)10-23/h1-8,12,16H,9,11H2,(H,25,29)(H,26,28).